The Bertz CT molecular complexity index is 944. The highest BCUT2D eigenvalue weighted by Gasteiger charge is 2.44. The van der Waals surface area contributed by atoms with Gasteiger partial charge in [-0.2, -0.15) is 4.31 Å². The average molecular weight is 425 g/mol. The summed E-state index contributed by atoms with van der Waals surface area (Å²) in [5.41, 5.74) is 1.09. The van der Waals surface area contributed by atoms with Crippen LogP contribution >= 0.6 is 22.9 Å². The largest absolute Gasteiger partial charge is 0.350 e. The van der Waals surface area contributed by atoms with Crippen LogP contribution in [-0.2, 0) is 15.4 Å². The maximum atomic E-state index is 12.8. The van der Waals surface area contributed by atoms with E-state index in [1.807, 2.05) is 24.3 Å². The molecule has 144 valence electrons. The molecule has 0 atom stereocenters. The van der Waals surface area contributed by atoms with Gasteiger partial charge in [0.15, 0.2) is 0 Å². The van der Waals surface area contributed by atoms with E-state index in [0.717, 1.165) is 31.2 Å². The van der Waals surface area contributed by atoms with E-state index in [0.29, 0.717) is 24.7 Å². The highest BCUT2D eigenvalue weighted by Crippen LogP contribution is 2.47. The summed E-state index contributed by atoms with van der Waals surface area (Å²) in [5.74, 6) is -0.317. The molecule has 1 saturated heterocycles. The quantitative estimate of drug-likeness (QED) is 0.769. The van der Waals surface area contributed by atoms with Gasteiger partial charge < -0.3 is 5.32 Å². The average Bonchev–Trinajstić information content (AvgIpc) is 3.07. The van der Waals surface area contributed by atoms with E-state index < -0.39 is 10.0 Å². The summed E-state index contributed by atoms with van der Waals surface area (Å²) in [6, 6.07) is 9.25. The SMILES string of the molecule is O=C(NCC1(c2ccc(Cl)cc2)CC1)c1sccc1S(=O)(=O)N1CCCC1. The van der Waals surface area contributed by atoms with Crippen LogP contribution in [0.5, 0.6) is 0 Å². The number of hydrogen-bond acceptors (Lipinski definition) is 4. The molecule has 2 heterocycles. The van der Waals surface area contributed by atoms with Gasteiger partial charge in [0.2, 0.25) is 10.0 Å². The lowest BCUT2D eigenvalue weighted by molar-refractivity contribution is 0.0950. The molecule has 2 aromatic rings. The van der Waals surface area contributed by atoms with Gasteiger partial charge in [-0.15, -0.1) is 11.3 Å². The fourth-order valence-electron chi connectivity index (χ4n) is 3.59. The number of thiophene rings is 1. The van der Waals surface area contributed by atoms with Crippen LogP contribution in [0, 0.1) is 0 Å². The van der Waals surface area contributed by atoms with Crippen molar-refractivity contribution in [2.75, 3.05) is 19.6 Å². The molecule has 2 fully saturated rings. The number of sulfonamides is 1. The minimum absolute atomic E-state index is 0.0640. The molecular weight excluding hydrogens is 404 g/mol. The second kappa shape index (κ2) is 7.20. The summed E-state index contributed by atoms with van der Waals surface area (Å²) in [6.45, 7) is 1.55. The topological polar surface area (TPSA) is 66.5 Å². The lowest BCUT2D eigenvalue weighted by Gasteiger charge is -2.18. The third-order valence-corrected chi connectivity index (χ3v) is 8.65. The van der Waals surface area contributed by atoms with E-state index in [4.69, 9.17) is 11.6 Å². The second-order valence-corrected chi connectivity index (χ2v) is 10.5. The third-order valence-electron chi connectivity index (χ3n) is 5.42. The normalized spacial score (nSPS) is 19.1. The fraction of sp³-hybridized carbons (Fsp3) is 0.421. The van der Waals surface area contributed by atoms with Crippen molar-refractivity contribution in [1.82, 2.24) is 9.62 Å². The lowest BCUT2D eigenvalue weighted by Crippen LogP contribution is -2.34. The molecule has 0 spiro atoms. The van der Waals surface area contributed by atoms with Crippen molar-refractivity contribution >= 4 is 38.9 Å². The van der Waals surface area contributed by atoms with Gasteiger partial charge in [-0.1, -0.05) is 23.7 Å². The Kier molecular flexibility index (Phi) is 5.05. The number of nitrogens with one attached hydrogen (secondary N) is 1. The number of carbonyl (C=O) groups is 1. The number of benzene rings is 1. The zero-order chi connectivity index (χ0) is 19.1. The summed E-state index contributed by atoms with van der Waals surface area (Å²) < 4.78 is 27.1. The fourth-order valence-corrected chi connectivity index (χ4v) is 6.55. The molecule has 1 saturated carbocycles. The summed E-state index contributed by atoms with van der Waals surface area (Å²) in [7, 11) is -3.60. The molecule has 1 aliphatic heterocycles. The zero-order valence-corrected chi connectivity index (χ0v) is 17.2. The monoisotopic (exact) mass is 424 g/mol. The maximum absolute atomic E-state index is 12.8. The lowest BCUT2D eigenvalue weighted by atomic mass is 9.96. The maximum Gasteiger partial charge on any atom is 0.262 e. The van der Waals surface area contributed by atoms with Gasteiger partial charge in [-0.25, -0.2) is 8.42 Å². The first kappa shape index (κ1) is 18.9. The molecule has 27 heavy (non-hydrogen) atoms. The number of nitrogens with zero attached hydrogens (tertiary/aromatic N) is 1. The van der Waals surface area contributed by atoms with Crippen molar-refractivity contribution in [3.63, 3.8) is 0 Å². The Hall–Kier alpha value is -1.41. The summed E-state index contributed by atoms with van der Waals surface area (Å²) in [6.07, 6.45) is 3.74. The van der Waals surface area contributed by atoms with Crippen molar-refractivity contribution in [3.05, 3.63) is 51.2 Å². The molecule has 0 bridgehead atoms. The summed E-state index contributed by atoms with van der Waals surface area (Å²) in [4.78, 5) is 13.1. The van der Waals surface area contributed by atoms with Crippen molar-refractivity contribution < 1.29 is 13.2 Å². The van der Waals surface area contributed by atoms with Crippen LogP contribution < -0.4 is 5.32 Å². The standard InChI is InChI=1S/C19H21ClN2O3S2/c20-15-5-3-14(4-6-15)19(8-9-19)13-21-18(23)17-16(7-12-26-17)27(24,25)22-10-1-2-11-22/h3-7,12H,1-2,8-11,13H2,(H,21,23). The number of hydrogen-bond donors (Lipinski definition) is 1. The number of carbonyl (C=O) groups excluding carboxylic acids is 1. The molecule has 1 aromatic carbocycles. The Labute approximate surface area is 168 Å². The molecule has 4 rings (SSSR count). The van der Waals surface area contributed by atoms with Crippen LogP contribution in [0.25, 0.3) is 0 Å². The smallest absolute Gasteiger partial charge is 0.262 e. The van der Waals surface area contributed by atoms with E-state index in [-0.39, 0.29) is 21.1 Å². The minimum atomic E-state index is -3.60. The number of rotatable bonds is 6. The van der Waals surface area contributed by atoms with E-state index in [9.17, 15) is 13.2 Å². The summed E-state index contributed by atoms with van der Waals surface area (Å²) in [5, 5.41) is 5.32. The van der Waals surface area contributed by atoms with Gasteiger partial charge in [0.1, 0.15) is 9.77 Å². The Balaban J connectivity index is 1.48. The predicted octanol–water partition coefficient (Wildman–Crippen LogP) is 3.65. The van der Waals surface area contributed by atoms with Gasteiger partial charge in [0.25, 0.3) is 5.91 Å². The number of amides is 1. The van der Waals surface area contributed by atoms with E-state index in [1.165, 1.54) is 15.6 Å². The molecule has 1 N–H and O–H groups in total. The van der Waals surface area contributed by atoms with Gasteiger partial charge in [-0.05, 0) is 54.8 Å². The van der Waals surface area contributed by atoms with Crippen LogP contribution in [-0.4, -0.2) is 38.3 Å². The predicted molar refractivity (Wildman–Crippen MR) is 107 cm³/mol. The molecule has 8 heteroatoms. The highest BCUT2D eigenvalue weighted by atomic mass is 35.5. The van der Waals surface area contributed by atoms with Gasteiger partial charge in [0.05, 0.1) is 0 Å². The Morgan fingerprint density at radius 2 is 1.81 bits per heavy atom. The van der Waals surface area contributed by atoms with Crippen LogP contribution in [0.1, 0.15) is 40.9 Å². The van der Waals surface area contributed by atoms with Crippen LogP contribution in [0.4, 0.5) is 0 Å². The Morgan fingerprint density at radius 3 is 2.44 bits per heavy atom. The molecule has 1 aromatic heterocycles. The molecule has 2 aliphatic rings. The molecule has 1 aliphatic carbocycles. The van der Waals surface area contributed by atoms with Crippen LogP contribution in [0.15, 0.2) is 40.6 Å². The molecule has 0 radical (unpaired) electrons. The van der Waals surface area contributed by atoms with Gasteiger partial charge in [0, 0.05) is 30.1 Å². The van der Waals surface area contributed by atoms with Gasteiger partial charge >= 0.3 is 0 Å². The van der Waals surface area contributed by atoms with Crippen LogP contribution in [0.3, 0.4) is 0 Å². The zero-order valence-electron chi connectivity index (χ0n) is 14.8. The first-order valence-electron chi connectivity index (χ1n) is 9.04. The van der Waals surface area contributed by atoms with E-state index >= 15 is 0 Å². The Morgan fingerprint density at radius 1 is 1.15 bits per heavy atom. The van der Waals surface area contributed by atoms with Crippen LogP contribution in [0.2, 0.25) is 5.02 Å². The molecule has 0 unspecified atom stereocenters. The first-order chi connectivity index (χ1) is 12.9. The van der Waals surface area contributed by atoms with Crippen molar-refractivity contribution in [3.8, 4) is 0 Å². The molecular formula is C19H21ClN2O3S2. The van der Waals surface area contributed by atoms with E-state index in [1.54, 1.807) is 11.4 Å². The third kappa shape index (κ3) is 3.66. The highest BCUT2D eigenvalue weighted by molar-refractivity contribution is 7.89. The van der Waals surface area contributed by atoms with Gasteiger partial charge in [-0.3, -0.25) is 4.79 Å². The van der Waals surface area contributed by atoms with Crippen molar-refractivity contribution in [2.45, 2.75) is 36.0 Å². The minimum Gasteiger partial charge on any atom is -0.350 e. The molecule has 5 nitrogen and oxygen atoms in total. The number of halogens is 1. The van der Waals surface area contributed by atoms with Crippen molar-refractivity contribution in [2.24, 2.45) is 0 Å². The first-order valence-corrected chi connectivity index (χ1v) is 11.7. The summed E-state index contributed by atoms with van der Waals surface area (Å²) >= 11 is 7.14. The molecule has 1 amide bonds. The second-order valence-electron chi connectivity index (χ2n) is 7.20. The van der Waals surface area contributed by atoms with E-state index in [2.05, 4.69) is 5.32 Å². The van der Waals surface area contributed by atoms with Crippen molar-refractivity contribution in [1.29, 1.82) is 0 Å².